The van der Waals surface area contributed by atoms with E-state index in [1.165, 1.54) is 11.8 Å². The predicted molar refractivity (Wildman–Crippen MR) is 68.0 cm³/mol. The van der Waals surface area contributed by atoms with Gasteiger partial charge in [0.05, 0.1) is 7.11 Å². The highest BCUT2D eigenvalue weighted by atomic mass is 16.5. The van der Waals surface area contributed by atoms with Crippen molar-refractivity contribution in [2.75, 3.05) is 13.7 Å². The summed E-state index contributed by atoms with van der Waals surface area (Å²) >= 11 is 0. The van der Waals surface area contributed by atoms with E-state index in [1.54, 1.807) is 7.11 Å². The van der Waals surface area contributed by atoms with Gasteiger partial charge in [0.1, 0.15) is 5.75 Å². The number of likely N-dealkylation sites (tertiary alicyclic amines) is 1. The summed E-state index contributed by atoms with van der Waals surface area (Å²) in [6.45, 7) is 1.89. The molecule has 1 aliphatic rings. The van der Waals surface area contributed by atoms with Gasteiger partial charge in [0.25, 0.3) is 5.91 Å². The fourth-order valence-electron chi connectivity index (χ4n) is 1.95. The van der Waals surface area contributed by atoms with Crippen molar-refractivity contribution >= 4 is 17.9 Å². The number of ether oxygens (including phenoxy) is 1. The van der Waals surface area contributed by atoms with Crippen molar-refractivity contribution in [3.8, 4) is 5.75 Å². The minimum absolute atomic E-state index is 0.182. The molecule has 1 aromatic rings. The molecule has 4 nitrogen and oxygen atoms in total. The molecule has 94 valence electrons. The van der Waals surface area contributed by atoms with Crippen molar-refractivity contribution in [2.24, 2.45) is 0 Å². The predicted octanol–water partition coefficient (Wildman–Crippen LogP) is 1.86. The lowest BCUT2D eigenvalue weighted by atomic mass is 10.1. The lowest BCUT2D eigenvalue weighted by molar-refractivity contribution is -0.138. The molecule has 0 aromatic heterocycles. The maximum Gasteiger partial charge on any atom is 0.256 e. The monoisotopic (exact) mass is 245 g/mol. The second kappa shape index (κ2) is 5.04. The minimum atomic E-state index is -0.196. The minimum Gasteiger partial charge on any atom is -0.497 e. The van der Waals surface area contributed by atoms with Crippen LogP contribution in [0.5, 0.6) is 5.75 Å². The molecule has 1 fully saturated rings. The Kier molecular flexibility index (Phi) is 3.46. The first-order chi connectivity index (χ1) is 8.61. The van der Waals surface area contributed by atoms with Gasteiger partial charge in [0.2, 0.25) is 5.91 Å². The molecule has 0 radical (unpaired) electrons. The smallest absolute Gasteiger partial charge is 0.256 e. The molecule has 0 bridgehead atoms. The number of nitrogens with zero attached hydrogens (tertiary/aromatic N) is 1. The van der Waals surface area contributed by atoms with Gasteiger partial charge >= 0.3 is 0 Å². The Morgan fingerprint density at radius 3 is 2.50 bits per heavy atom. The van der Waals surface area contributed by atoms with Crippen LogP contribution in [0, 0.1) is 0 Å². The van der Waals surface area contributed by atoms with Crippen LogP contribution in [-0.4, -0.2) is 30.4 Å². The Morgan fingerprint density at radius 2 is 2.00 bits per heavy atom. The zero-order chi connectivity index (χ0) is 13.1. The summed E-state index contributed by atoms with van der Waals surface area (Å²) in [5.74, 6) is 0.400. The first-order valence-electron chi connectivity index (χ1n) is 5.79. The van der Waals surface area contributed by atoms with Crippen LogP contribution < -0.4 is 4.74 Å². The molecule has 0 atom stereocenters. The lowest BCUT2D eigenvalue weighted by Crippen LogP contribution is -2.29. The molecule has 1 saturated heterocycles. The highest BCUT2D eigenvalue weighted by Crippen LogP contribution is 2.21. The molecule has 1 aromatic carbocycles. The van der Waals surface area contributed by atoms with E-state index in [-0.39, 0.29) is 11.8 Å². The van der Waals surface area contributed by atoms with E-state index >= 15 is 0 Å². The van der Waals surface area contributed by atoms with E-state index in [4.69, 9.17) is 4.74 Å². The summed E-state index contributed by atoms with van der Waals surface area (Å²) in [5, 5.41) is 0. The van der Waals surface area contributed by atoms with Crippen LogP contribution in [0.25, 0.3) is 6.08 Å². The van der Waals surface area contributed by atoms with E-state index in [2.05, 4.69) is 0 Å². The summed E-state index contributed by atoms with van der Waals surface area (Å²) in [6.07, 6.45) is 2.44. The third kappa shape index (κ3) is 2.42. The molecule has 0 N–H and O–H groups in total. The van der Waals surface area contributed by atoms with Gasteiger partial charge in [-0.2, -0.15) is 0 Å². The third-order valence-electron chi connectivity index (χ3n) is 2.96. The number of hydrogen-bond acceptors (Lipinski definition) is 3. The molecule has 1 aliphatic heterocycles. The highest BCUT2D eigenvalue weighted by Gasteiger charge is 2.28. The van der Waals surface area contributed by atoms with Gasteiger partial charge in [0.15, 0.2) is 0 Å². The van der Waals surface area contributed by atoms with E-state index in [0.29, 0.717) is 18.5 Å². The summed E-state index contributed by atoms with van der Waals surface area (Å²) in [6, 6.07) is 7.45. The van der Waals surface area contributed by atoms with Gasteiger partial charge in [-0.25, -0.2) is 0 Å². The van der Waals surface area contributed by atoms with Gasteiger partial charge < -0.3 is 4.74 Å². The molecule has 2 amide bonds. The van der Waals surface area contributed by atoms with Crippen LogP contribution in [0.3, 0.4) is 0 Å². The molecule has 1 heterocycles. The zero-order valence-corrected chi connectivity index (χ0v) is 10.5. The molecule has 0 saturated carbocycles. The zero-order valence-electron chi connectivity index (χ0n) is 10.5. The summed E-state index contributed by atoms with van der Waals surface area (Å²) in [4.78, 5) is 24.4. The Bertz CT molecular complexity index is 502. The fraction of sp³-hybridized carbons (Fsp3) is 0.286. The van der Waals surface area contributed by atoms with Crippen molar-refractivity contribution < 1.29 is 14.3 Å². The van der Waals surface area contributed by atoms with Gasteiger partial charge in [-0.1, -0.05) is 12.1 Å². The SMILES string of the molecule is COc1ccc(/C=C2/CCN(C(C)=O)C2=O)cc1. The average Bonchev–Trinajstić information content (AvgIpc) is 2.72. The molecule has 2 rings (SSSR count). The van der Waals surface area contributed by atoms with E-state index in [9.17, 15) is 9.59 Å². The largest absolute Gasteiger partial charge is 0.497 e. The second-order valence-electron chi connectivity index (χ2n) is 4.17. The molecule has 18 heavy (non-hydrogen) atoms. The quantitative estimate of drug-likeness (QED) is 0.747. The number of imide groups is 1. The second-order valence-corrected chi connectivity index (χ2v) is 4.17. The Balaban J connectivity index is 2.18. The average molecular weight is 245 g/mol. The van der Waals surface area contributed by atoms with Crippen molar-refractivity contribution in [3.63, 3.8) is 0 Å². The fourth-order valence-corrected chi connectivity index (χ4v) is 1.95. The number of amides is 2. The van der Waals surface area contributed by atoms with Crippen molar-refractivity contribution in [2.45, 2.75) is 13.3 Å². The molecular formula is C14H15NO3. The highest BCUT2D eigenvalue weighted by molar-refractivity contribution is 6.08. The van der Waals surface area contributed by atoms with Gasteiger partial charge in [-0.15, -0.1) is 0 Å². The number of methoxy groups -OCH3 is 1. The Labute approximate surface area is 106 Å². The first-order valence-corrected chi connectivity index (χ1v) is 5.79. The summed E-state index contributed by atoms with van der Waals surface area (Å²) < 4.78 is 5.07. The number of hydrogen-bond donors (Lipinski definition) is 0. The number of rotatable bonds is 2. The van der Waals surface area contributed by atoms with Crippen molar-refractivity contribution in [1.82, 2.24) is 4.90 Å². The number of benzene rings is 1. The maximum absolute atomic E-state index is 11.9. The van der Waals surface area contributed by atoms with Gasteiger partial charge in [0, 0.05) is 19.0 Å². The summed E-state index contributed by atoms with van der Waals surface area (Å²) in [5.41, 5.74) is 1.61. The van der Waals surface area contributed by atoms with Crippen LogP contribution >= 0.6 is 0 Å². The van der Waals surface area contributed by atoms with E-state index in [1.807, 2.05) is 30.3 Å². The maximum atomic E-state index is 11.9. The standard InChI is InChI=1S/C14H15NO3/c1-10(16)15-8-7-12(14(15)17)9-11-3-5-13(18-2)6-4-11/h3-6,9H,7-8H2,1-2H3/b12-9-. The van der Waals surface area contributed by atoms with Crippen LogP contribution in [0.4, 0.5) is 0 Å². The number of carbonyl (C=O) groups excluding carboxylic acids is 2. The van der Waals surface area contributed by atoms with Crippen molar-refractivity contribution in [3.05, 3.63) is 35.4 Å². The van der Waals surface area contributed by atoms with Gasteiger partial charge in [-0.05, 0) is 30.2 Å². The lowest BCUT2D eigenvalue weighted by Gasteiger charge is -2.08. The van der Waals surface area contributed by atoms with Gasteiger partial charge in [-0.3, -0.25) is 14.5 Å². The topological polar surface area (TPSA) is 46.6 Å². The molecule has 0 spiro atoms. The van der Waals surface area contributed by atoms with E-state index < -0.39 is 0 Å². The van der Waals surface area contributed by atoms with Crippen LogP contribution in [0.15, 0.2) is 29.8 Å². The van der Waals surface area contributed by atoms with Crippen LogP contribution in [0.2, 0.25) is 0 Å². The third-order valence-corrected chi connectivity index (χ3v) is 2.96. The van der Waals surface area contributed by atoms with E-state index in [0.717, 1.165) is 11.3 Å². The van der Waals surface area contributed by atoms with Crippen molar-refractivity contribution in [1.29, 1.82) is 0 Å². The molecule has 0 aliphatic carbocycles. The van der Waals surface area contributed by atoms with Crippen LogP contribution in [-0.2, 0) is 9.59 Å². The summed E-state index contributed by atoms with van der Waals surface area (Å²) in [7, 11) is 1.61. The Morgan fingerprint density at radius 1 is 1.33 bits per heavy atom. The molecule has 0 unspecified atom stereocenters. The first kappa shape index (κ1) is 12.4. The van der Waals surface area contributed by atoms with Crippen LogP contribution in [0.1, 0.15) is 18.9 Å². The normalized spacial score (nSPS) is 17.3. The Hall–Kier alpha value is -2.10. The number of carbonyl (C=O) groups is 2. The molecule has 4 heteroatoms. The molecular weight excluding hydrogens is 230 g/mol.